The Morgan fingerprint density at radius 1 is 1.60 bits per heavy atom. The molecule has 1 aromatic rings. The van der Waals surface area contributed by atoms with E-state index in [2.05, 4.69) is 22.0 Å². The fraction of sp³-hybridized carbons (Fsp3) is 0.364. The van der Waals surface area contributed by atoms with Crippen molar-refractivity contribution in [1.82, 2.24) is 0 Å². The fourth-order valence-corrected chi connectivity index (χ4v) is 2.15. The van der Waals surface area contributed by atoms with Gasteiger partial charge in [-0.1, -0.05) is 22.0 Å². The van der Waals surface area contributed by atoms with Crippen LogP contribution in [0, 0.1) is 11.3 Å². The molecule has 1 aromatic carbocycles. The molecule has 1 aliphatic heterocycles. The lowest BCUT2D eigenvalue weighted by Gasteiger charge is -2.31. The molecule has 1 heterocycles. The molecular formula is C11H10BrNO2. The predicted molar refractivity (Wildman–Crippen MR) is 58.2 cm³/mol. The normalized spacial score (nSPS) is 24.3. The molecule has 0 amide bonds. The van der Waals surface area contributed by atoms with Gasteiger partial charge in [0.25, 0.3) is 0 Å². The molecule has 4 heteroatoms. The molecule has 0 saturated heterocycles. The zero-order valence-electron chi connectivity index (χ0n) is 8.03. The van der Waals surface area contributed by atoms with Crippen molar-refractivity contribution in [3.05, 3.63) is 33.8 Å². The van der Waals surface area contributed by atoms with Gasteiger partial charge in [0, 0.05) is 4.47 Å². The zero-order chi connectivity index (χ0) is 10.9. The molecular weight excluding hydrogens is 258 g/mol. The first-order valence-corrected chi connectivity index (χ1v) is 5.40. The molecule has 1 aliphatic rings. The molecule has 0 spiro atoms. The number of aliphatic hydroxyl groups is 1. The van der Waals surface area contributed by atoms with Gasteiger partial charge in [0.1, 0.15) is 5.41 Å². The third-order valence-corrected chi connectivity index (χ3v) is 3.17. The number of benzene rings is 1. The summed E-state index contributed by atoms with van der Waals surface area (Å²) >= 11 is 3.37. The Kier molecular flexibility index (Phi) is 2.79. The fourth-order valence-electron chi connectivity index (χ4n) is 1.79. The summed E-state index contributed by atoms with van der Waals surface area (Å²) in [5, 5.41) is 18.5. The van der Waals surface area contributed by atoms with E-state index in [0.717, 1.165) is 15.6 Å². The van der Waals surface area contributed by atoms with Crippen molar-refractivity contribution in [3.63, 3.8) is 0 Å². The van der Waals surface area contributed by atoms with Crippen molar-refractivity contribution < 1.29 is 9.84 Å². The minimum atomic E-state index is -0.905. The summed E-state index contributed by atoms with van der Waals surface area (Å²) in [6.07, 6.45) is 0. The highest BCUT2D eigenvalue weighted by molar-refractivity contribution is 9.10. The number of hydrogen-bond acceptors (Lipinski definition) is 3. The monoisotopic (exact) mass is 267 g/mol. The minimum Gasteiger partial charge on any atom is -0.394 e. The number of hydrogen-bond donors (Lipinski definition) is 1. The first-order chi connectivity index (χ1) is 7.22. The van der Waals surface area contributed by atoms with Crippen LogP contribution in [0.2, 0.25) is 0 Å². The summed E-state index contributed by atoms with van der Waals surface area (Å²) in [5.74, 6) is 0. The number of ether oxygens (including phenoxy) is 1. The molecule has 1 unspecified atom stereocenters. The molecule has 1 atom stereocenters. The van der Waals surface area contributed by atoms with Gasteiger partial charge in [-0.15, -0.1) is 0 Å². The van der Waals surface area contributed by atoms with E-state index in [1.807, 2.05) is 18.2 Å². The van der Waals surface area contributed by atoms with Gasteiger partial charge in [-0.2, -0.15) is 5.26 Å². The van der Waals surface area contributed by atoms with Crippen LogP contribution >= 0.6 is 15.9 Å². The van der Waals surface area contributed by atoms with Gasteiger partial charge in [0.05, 0.1) is 25.9 Å². The Morgan fingerprint density at radius 2 is 2.40 bits per heavy atom. The molecule has 3 nitrogen and oxygen atoms in total. The van der Waals surface area contributed by atoms with Gasteiger partial charge in [-0.05, 0) is 23.3 Å². The van der Waals surface area contributed by atoms with Crippen LogP contribution in [0.15, 0.2) is 22.7 Å². The predicted octanol–water partition coefficient (Wildman–Crippen LogP) is 1.73. The van der Waals surface area contributed by atoms with Crippen LogP contribution in [0.25, 0.3) is 0 Å². The van der Waals surface area contributed by atoms with E-state index in [9.17, 15) is 10.4 Å². The van der Waals surface area contributed by atoms with Crippen molar-refractivity contribution >= 4 is 15.9 Å². The van der Waals surface area contributed by atoms with Crippen molar-refractivity contribution in [2.24, 2.45) is 0 Å². The molecule has 0 bridgehead atoms. The molecule has 0 aromatic heterocycles. The Bertz CT molecular complexity index is 427. The molecule has 2 rings (SSSR count). The standard InChI is InChI=1S/C11H10BrNO2/c12-9-2-1-8-4-15-7-11(5-13,6-14)10(8)3-9/h1-3,14H,4,6-7H2. The largest absolute Gasteiger partial charge is 0.394 e. The molecule has 15 heavy (non-hydrogen) atoms. The number of rotatable bonds is 1. The van der Waals surface area contributed by atoms with E-state index < -0.39 is 5.41 Å². The third-order valence-electron chi connectivity index (χ3n) is 2.68. The van der Waals surface area contributed by atoms with Crippen LogP contribution in [-0.2, 0) is 16.8 Å². The van der Waals surface area contributed by atoms with E-state index in [0.29, 0.717) is 6.61 Å². The summed E-state index contributed by atoms with van der Waals surface area (Å²) in [7, 11) is 0. The van der Waals surface area contributed by atoms with Crippen LogP contribution in [-0.4, -0.2) is 18.3 Å². The highest BCUT2D eigenvalue weighted by Gasteiger charge is 2.37. The SMILES string of the molecule is N#CC1(CO)COCc2ccc(Br)cc21. The Morgan fingerprint density at radius 3 is 3.07 bits per heavy atom. The highest BCUT2D eigenvalue weighted by atomic mass is 79.9. The van der Waals surface area contributed by atoms with Crippen molar-refractivity contribution in [2.75, 3.05) is 13.2 Å². The van der Waals surface area contributed by atoms with Gasteiger partial charge in [0.2, 0.25) is 0 Å². The summed E-state index contributed by atoms with van der Waals surface area (Å²) in [6.45, 7) is 0.544. The number of nitrogens with zero attached hydrogens (tertiary/aromatic N) is 1. The molecule has 0 saturated carbocycles. The van der Waals surface area contributed by atoms with Crippen LogP contribution < -0.4 is 0 Å². The summed E-state index contributed by atoms with van der Waals surface area (Å²) in [5.41, 5.74) is 0.936. The topological polar surface area (TPSA) is 53.2 Å². The van der Waals surface area contributed by atoms with Gasteiger partial charge >= 0.3 is 0 Å². The molecule has 0 aliphatic carbocycles. The Hall–Kier alpha value is -0.890. The lowest BCUT2D eigenvalue weighted by Crippen LogP contribution is -2.38. The number of nitriles is 1. The number of halogens is 1. The van der Waals surface area contributed by atoms with Crippen LogP contribution in [0.1, 0.15) is 11.1 Å². The minimum absolute atomic E-state index is 0.215. The van der Waals surface area contributed by atoms with Gasteiger partial charge < -0.3 is 9.84 Å². The van der Waals surface area contributed by atoms with E-state index in [-0.39, 0.29) is 13.2 Å². The summed E-state index contributed by atoms with van der Waals surface area (Å²) < 4.78 is 6.25. The van der Waals surface area contributed by atoms with E-state index in [4.69, 9.17) is 4.74 Å². The smallest absolute Gasteiger partial charge is 0.129 e. The van der Waals surface area contributed by atoms with Crippen molar-refractivity contribution in [2.45, 2.75) is 12.0 Å². The number of aliphatic hydroxyl groups excluding tert-OH is 1. The van der Waals surface area contributed by atoms with Gasteiger partial charge in [-0.3, -0.25) is 0 Å². The van der Waals surface area contributed by atoms with E-state index in [1.54, 1.807) is 0 Å². The molecule has 0 radical (unpaired) electrons. The second-order valence-electron chi connectivity index (χ2n) is 3.65. The average molecular weight is 268 g/mol. The lowest BCUT2D eigenvalue weighted by atomic mass is 9.79. The van der Waals surface area contributed by atoms with Crippen LogP contribution in [0.4, 0.5) is 0 Å². The van der Waals surface area contributed by atoms with Crippen molar-refractivity contribution in [3.8, 4) is 6.07 Å². The van der Waals surface area contributed by atoms with E-state index >= 15 is 0 Å². The maximum atomic E-state index is 9.36. The molecule has 78 valence electrons. The van der Waals surface area contributed by atoms with Crippen molar-refractivity contribution in [1.29, 1.82) is 5.26 Å². The second-order valence-corrected chi connectivity index (χ2v) is 4.56. The lowest BCUT2D eigenvalue weighted by molar-refractivity contribution is 0.0468. The zero-order valence-corrected chi connectivity index (χ0v) is 9.62. The first-order valence-electron chi connectivity index (χ1n) is 4.60. The summed E-state index contributed by atoms with van der Waals surface area (Å²) in [6, 6.07) is 7.87. The first kappa shape index (κ1) is 10.6. The second kappa shape index (κ2) is 3.93. The molecule has 1 N–H and O–H groups in total. The molecule has 0 fully saturated rings. The van der Waals surface area contributed by atoms with Gasteiger partial charge in [-0.25, -0.2) is 0 Å². The average Bonchev–Trinajstić information content (AvgIpc) is 2.28. The van der Waals surface area contributed by atoms with Crippen LogP contribution in [0.5, 0.6) is 0 Å². The summed E-state index contributed by atoms with van der Waals surface area (Å²) in [4.78, 5) is 0. The highest BCUT2D eigenvalue weighted by Crippen LogP contribution is 2.33. The Balaban J connectivity index is 2.59. The quantitative estimate of drug-likeness (QED) is 0.843. The number of fused-ring (bicyclic) bond motifs is 1. The maximum absolute atomic E-state index is 9.36. The Labute approximate surface area is 96.4 Å². The van der Waals surface area contributed by atoms with Crippen LogP contribution in [0.3, 0.4) is 0 Å². The van der Waals surface area contributed by atoms with Gasteiger partial charge in [0.15, 0.2) is 0 Å². The maximum Gasteiger partial charge on any atom is 0.129 e. The third kappa shape index (κ3) is 1.67. The van der Waals surface area contributed by atoms with E-state index in [1.165, 1.54) is 0 Å².